The number of thiol groups is 2. The third-order valence-corrected chi connectivity index (χ3v) is 13.4. The Kier molecular flexibility index (Phi) is 24.0. The number of para-hydroxylation sites is 1. The topological polar surface area (TPSA) is 379 Å². The first-order valence-corrected chi connectivity index (χ1v) is 27.0. The van der Waals surface area contributed by atoms with Gasteiger partial charge < -0.3 is 69.1 Å². The van der Waals surface area contributed by atoms with Gasteiger partial charge in [0.1, 0.15) is 48.3 Å². The quantitative estimate of drug-likeness (QED) is 0.0122. The number of aliphatic carboxylic acids is 1. The minimum atomic E-state index is -1.43. The normalized spacial score (nSPS) is 14.1. The number of nitrogens with one attached hydrogen (secondary N) is 10. The fourth-order valence-corrected chi connectivity index (χ4v) is 8.98. The van der Waals surface area contributed by atoms with E-state index in [-0.39, 0.29) is 56.1 Å². The Hall–Kier alpha value is -8.13. The van der Waals surface area contributed by atoms with Gasteiger partial charge in [0.25, 0.3) is 0 Å². The van der Waals surface area contributed by atoms with Gasteiger partial charge in [-0.2, -0.15) is 25.3 Å². The molecule has 0 bridgehead atoms. The van der Waals surface area contributed by atoms with E-state index in [1.54, 1.807) is 18.3 Å². The van der Waals surface area contributed by atoms with Gasteiger partial charge in [0.15, 0.2) is 5.96 Å². The van der Waals surface area contributed by atoms with Crippen LogP contribution in [-0.2, 0) is 62.4 Å². The van der Waals surface area contributed by atoms with Crippen LogP contribution in [0.2, 0.25) is 0 Å². The SMILES string of the molecule is CCCC[C@H](NC(C)=O)C(=O)N[C@@H](CS)C(=O)N[C@H](C)C(=O)N[C@@H](Cc1cnc[nH]1)C(=O)N[C@H](Cc1ccc2ccccc2c1)C(=O)N[C@@H](CCCN=C(N)N)C(=O)N[C@@H](Cc1c[nH]c2ccccc12)C(=O)N[C@@H](CS)C(=O)O. The minimum Gasteiger partial charge on any atom is -0.480 e. The number of hydrogen-bond donors (Lipinski definition) is 15. The van der Waals surface area contributed by atoms with Crippen molar-refractivity contribution in [1.29, 1.82) is 0 Å². The summed E-state index contributed by atoms with van der Waals surface area (Å²) in [6, 6.07) is 9.74. The summed E-state index contributed by atoms with van der Waals surface area (Å²) < 4.78 is 0. The number of rotatable bonds is 31. The lowest BCUT2D eigenvalue weighted by atomic mass is 9.99. The number of unbranched alkanes of at least 4 members (excludes halogenated alkanes) is 1. The molecule has 24 nitrogen and oxygen atoms in total. The number of amides is 8. The zero-order valence-electron chi connectivity index (χ0n) is 44.0. The molecule has 0 saturated heterocycles. The summed E-state index contributed by atoms with van der Waals surface area (Å²) >= 11 is 8.33. The number of carboxylic acid groups (broad SMARTS) is 1. The number of aromatic nitrogens is 3. The third kappa shape index (κ3) is 19.1. The van der Waals surface area contributed by atoms with E-state index in [0.29, 0.717) is 29.7 Å². The highest BCUT2D eigenvalue weighted by molar-refractivity contribution is 7.80. The van der Waals surface area contributed by atoms with Crippen LogP contribution in [0.5, 0.6) is 0 Å². The van der Waals surface area contributed by atoms with Crippen LogP contribution in [0.4, 0.5) is 0 Å². The average Bonchev–Trinajstić information content (AvgIpc) is 4.16. The smallest absolute Gasteiger partial charge is 0.327 e. The van der Waals surface area contributed by atoms with Crippen molar-refractivity contribution in [3.05, 3.63) is 102 Å². The van der Waals surface area contributed by atoms with Gasteiger partial charge >= 0.3 is 5.97 Å². The molecule has 0 spiro atoms. The van der Waals surface area contributed by atoms with E-state index >= 15 is 0 Å². The van der Waals surface area contributed by atoms with E-state index in [2.05, 4.69) is 87.7 Å². The summed E-state index contributed by atoms with van der Waals surface area (Å²) in [5.74, 6) is -7.99. The number of carbonyl (C=O) groups is 9. The van der Waals surface area contributed by atoms with Crippen molar-refractivity contribution >= 4 is 106 Å². The second-order valence-corrected chi connectivity index (χ2v) is 19.6. The van der Waals surface area contributed by atoms with E-state index in [1.807, 2.05) is 61.5 Å². The Labute approximate surface area is 467 Å². The van der Waals surface area contributed by atoms with E-state index in [9.17, 15) is 48.3 Å². The van der Waals surface area contributed by atoms with Gasteiger partial charge in [0.05, 0.1) is 6.33 Å². The van der Waals surface area contributed by atoms with Gasteiger partial charge in [-0.3, -0.25) is 43.3 Å². The molecule has 2 heterocycles. The summed E-state index contributed by atoms with van der Waals surface area (Å²) in [4.78, 5) is 137. The Morgan fingerprint density at radius 2 is 1.16 bits per heavy atom. The number of hydrogen-bond acceptors (Lipinski definition) is 13. The van der Waals surface area contributed by atoms with Gasteiger partial charge in [0, 0.05) is 73.2 Å². The summed E-state index contributed by atoms with van der Waals surface area (Å²) in [6.45, 7) is 4.60. The molecule has 0 unspecified atom stereocenters. The molecule has 0 radical (unpaired) electrons. The number of fused-ring (bicyclic) bond motifs is 2. The fourth-order valence-electron chi connectivity index (χ4n) is 8.48. The molecule has 15 N–H and O–H groups in total. The van der Waals surface area contributed by atoms with Crippen LogP contribution in [0.15, 0.2) is 90.4 Å². The van der Waals surface area contributed by atoms with Crippen LogP contribution < -0.4 is 54.0 Å². The Bertz CT molecular complexity index is 2950. The monoisotopic (exact) mass is 1130 g/mol. The summed E-state index contributed by atoms with van der Waals surface area (Å²) in [7, 11) is 0. The molecule has 0 aliphatic carbocycles. The molecule has 424 valence electrons. The van der Waals surface area contributed by atoms with Gasteiger partial charge in [-0.05, 0) is 54.2 Å². The first-order chi connectivity index (χ1) is 37.8. The van der Waals surface area contributed by atoms with Crippen LogP contribution in [-0.4, -0.2) is 146 Å². The highest BCUT2D eigenvalue weighted by Gasteiger charge is 2.35. The number of benzene rings is 3. The van der Waals surface area contributed by atoms with E-state index in [0.717, 1.165) is 28.1 Å². The standard InChI is InChI=1S/C53H70N14O10S2/c1-4-5-14-38(61-30(3)68)46(70)66-43(26-78)51(75)60-29(2)45(69)63-42(23-35-25-56-28-59-35)50(74)64-40(21-31-17-18-32-11-6-7-12-33(32)20-31)48(72)62-39(16-10-19-57-53(54)55)47(71)65-41(49(73)67-44(27-79)52(76)77)22-34-24-58-37-15-9-8-13-36(34)37/h6-9,11-13,15,17-18,20,24-25,28-29,38-44,58,78-79H,4-5,10,14,16,19,21-23,26-27H2,1-3H3,(H,56,59)(H,60,75)(H,61,68)(H,62,72)(H,63,69)(H,64,74)(H,65,71)(H,66,70)(H,67,73)(H,76,77)(H4,54,55,57)/t29-,38+,39+,40-,41+,42+,43+,44+/m1/s1. The molecule has 0 saturated carbocycles. The maximum absolute atomic E-state index is 14.9. The predicted octanol–water partition coefficient (Wildman–Crippen LogP) is 0.178. The van der Waals surface area contributed by atoms with Crippen molar-refractivity contribution in [1.82, 2.24) is 57.5 Å². The zero-order chi connectivity index (χ0) is 57.6. The number of carbonyl (C=O) groups excluding carboxylic acids is 8. The van der Waals surface area contributed by atoms with Crippen molar-refractivity contribution in [3.8, 4) is 0 Å². The Morgan fingerprint density at radius 3 is 1.78 bits per heavy atom. The van der Waals surface area contributed by atoms with Crippen LogP contribution >= 0.6 is 25.3 Å². The van der Waals surface area contributed by atoms with E-state index in [4.69, 9.17) is 11.5 Å². The fraction of sp³-hybridized carbons (Fsp3) is 0.415. The lowest BCUT2D eigenvalue weighted by molar-refractivity contribution is -0.141. The molecule has 79 heavy (non-hydrogen) atoms. The number of H-pyrrole nitrogens is 2. The first kappa shape index (κ1) is 61.7. The summed E-state index contributed by atoms with van der Waals surface area (Å²) in [6.07, 6.45) is 5.81. The van der Waals surface area contributed by atoms with Crippen molar-refractivity contribution < 1.29 is 48.3 Å². The van der Waals surface area contributed by atoms with Crippen molar-refractivity contribution in [2.75, 3.05) is 18.1 Å². The maximum Gasteiger partial charge on any atom is 0.327 e. The number of guanidine groups is 1. The lowest BCUT2D eigenvalue weighted by Gasteiger charge is -2.27. The van der Waals surface area contributed by atoms with Gasteiger partial charge in [-0.15, -0.1) is 0 Å². The number of imidazole rings is 1. The molecule has 3 aromatic carbocycles. The predicted molar refractivity (Wildman–Crippen MR) is 304 cm³/mol. The van der Waals surface area contributed by atoms with Crippen molar-refractivity contribution in [2.45, 2.75) is 120 Å². The molecular weight excluding hydrogens is 1060 g/mol. The zero-order valence-corrected chi connectivity index (χ0v) is 45.8. The third-order valence-electron chi connectivity index (χ3n) is 12.7. The van der Waals surface area contributed by atoms with Crippen molar-refractivity contribution in [2.24, 2.45) is 16.5 Å². The second-order valence-electron chi connectivity index (χ2n) is 18.9. The molecule has 8 amide bonds. The van der Waals surface area contributed by atoms with Gasteiger partial charge in [-0.1, -0.05) is 80.4 Å². The highest BCUT2D eigenvalue weighted by Crippen LogP contribution is 2.21. The van der Waals surface area contributed by atoms with Crippen molar-refractivity contribution in [3.63, 3.8) is 0 Å². The van der Waals surface area contributed by atoms with Gasteiger partial charge in [0.2, 0.25) is 47.3 Å². The Morgan fingerprint density at radius 1 is 0.620 bits per heavy atom. The summed E-state index contributed by atoms with van der Waals surface area (Å²) in [5, 5.41) is 33.3. The molecule has 26 heteroatoms. The molecule has 5 rings (SSSR count). The summed E-state index contributed by atoms with van der Waals surface area (Å²) in [5.41, 5.74) is 13.6. The highest BCUT2D eigenvalue weighted by atomic mass is 32.1. The van der Waals surface area contributed by atoms with Crippen LogP contribution in [0.3, 0.4) is 0 Å². The Balaban J connectivity index is 1.43. The molecule has 0 fully saturated rings. The van der Waals surface area contributed by atoms with Crippen LogP contribution in [0.25, 0.3) is 21.7 Å². The minimum absolute atomic E-state index is 0.0383. The van der Waals surface area contributed by atoms with Crippen LogP contribution in [0.1, 0.15) is 69.7 Å². The maximum atomic E-state index is 14.9. The number of carboxylic acids is 1. The molecule has 0 aliphatic rings. The van der Waals surface area contributed by atoms with Crippen LogP contribution in [0, 0.1) is 0 Å². The number of nitrogens with two attached hydrogens (primary N) is 2. The first-order valence-electron chi connectivity index (χ1n) is 25.7. The molecule has 8 atom stereocenters. The van der Waals surface area contributed by atoms with E-state index < -0.39 is 102 Å². The lowest BCUT2D eigenvalue weighted by Crippen LogP contribution is -2.60. The average molecular weight is 1130 g/mol. The number of aromatic amines is 2. The van der Waals surface area contributed by atoms with E-state index in [1.165, 1.54) is 26.4 Å². The molecule has 5 aromatic rings. The largest absolute Gasteiger partial charge is 0.480 e. The molecular formula is C53H70N14O10S2. The molecule has 0 aliphatic heterocycles. The number of nitrogens with zero attached hydrogens (tertiary/aromatic N) is 2. The molecule has 2 aromatic heterocycles. The number of aliphatic imine (C=N–C) groups is 1. The van der Waals surface area contributed by atoms with Gasteiger partial charge in [-0.25, -0.2) is 9.78 Å². The second kappa shape index (κ2) is 30.7.